The molecule has 16 heavy (non-hydrogen) atoms. The molecule has 88 valence electrons. The normalized spacial score (nSPS) is 20.1. The molecular weight excluding hydrogens is 200 g/mol. The molecule has 0 aliphatic heterocycles. The third kappa shape index (κ3) is 2.05. The van der Waals surface area contributed by atoms with E-state index in [4.69, 9.17) is 0 Å². The van der Waals surface area contributed by atoms with Gasteiger partial charge in [-0.1, -0.05) is 6.42 Å². The molecule has 0 saturated carbocycles. The molecule has 3 heteroatoms. The quantitative estimate of drug-likeness (QED) is 0.737. The lowest BCUT2D eigenvalue weighted by Gasteiger charge is -2.21. The zero-order chi connectivity index (χ0) is 11.7. The summed E-state index contributed by atoms with van der Waals surface area (Å²) in [5, 5.41) is 10.1. The molecule has 0 radical (unpaired) electrons. The summed E-state index contributed by atoms with van der Waals surface area (Å²) in [6.07, 6.45) is 3.74. The molecule has 0 fully saturated rings. The van der Waals surface area contributed by atoms with Crippen molar-refractivity contribution in [2.45, 2.75) is 38.7 Å². The van der Waals surface area contributed by atoms with E-state index < -0.39 is 0 Å². The van der Waals surface area contributed by atoms with Crippen LogP contribution >= 0.6 is 0 Å². The number of aliphatic hydroxyl groups is 1. The molecular formula is C13H20N2O. The smallest absolute Gasteiger partial charge is 0.0963 e. The number of nitrogens with zero attached hydrogens (tertiary/aromatic N) is 2. The fourth-order valence-corrected chi connectivity index (χ4v) is 2.41. The number of aromatic nitrogens is 1. The summed E-state index contributed by atoms with van der Waals surface area (Å²) in [5.41, 5.74) is 4.34. The number of aryl methyl sites for hydroxylation is 1. The van der Waals surface area contributed by atoms with Gasteiger partial charge in [0, 0.05) is 25.5 Å². The molecule has 3 nitrogen and oxygen atoms in total. The average molecular weight is 220 g/mol. The van der Waals surface area contributed by atoms with Gasteiger partial charge < -0.3 is 10.0 Å². The second-order valence-corrected chi connectivity index (χ2v) is 4.80. The van der Waals surface area contributed by atoms with Crippen LogP contribution in [0.5, 0.6) is 0 Å². The number of hydrogen-bond donors (Lipinski definition) is 1. The maximum Gasteiger partial charge on any atom is 0.0963 e. The van der Waals surface area contributed by atoms with Crippen molar-refractivity contribution in [3.63, 3.8) is 0 Å². The number of rotatable bonds is 1. The van der Waals surface area contributed by atoms with E-state index >= 15 is 0 Å². The van der Waals surface area contributed by atoms with Crippen LogP contribution in [0.1, 0.15) is 42.3 Å². The Morgan fingerprint density at radius 3 is 2.81 bits per heavy atom. The Hall–Kier alpha value is -1.09. The van der Waals surface area contributed by atoms with Gasteiger partial charge in [0.15, 0.2) is 0 Å². The number of fused-ring (bicyclic) bond motifs is 1. The Bertz CT molecular complexity index is 388. The van der Waals surface area contributed by atoms with Crippen LogP contribution in [-0.4, -0.2) is 24.2 Å². The summed E-state index contributed by atoms with van der Waals surface area (Å²) in [4.78, 5) is 6.64. The summed E-state index contributed by atoms with van der Waals surface area (Å²) < 4.78 is 0. The van der Waals surface area contributed by atoms with Gasteiger partial charge in [-0.25, -0.2) is 0 Å². The lowest BCUT2D eigenvalue weighted by Crippen LogP contribution is -2.15. The lowest BCUT2D eigenvalue weighted by atomic mass is 10.0. The molecule has 1 aromatic rings. The maximum absolute atomic E-state index is 10.1. The highest BCUT2D eigenvalue weighted by atomic mass is 16.3. The van der Waals surface area contributed by atoms with Gasteiger partial charge in [-0.05, 0) is 37.8 Å². The van der Waals surface area contributed by atoms with E-state index in [-0.39, 0.29) is 6.10 Å². The molecule has 1 aliphatic rings. The minimum Gasteiger partial charge on any atom is -0.387 e. The highest BCUT2D eigenvalue weighted by Gasteiger charge is 2.21. The van der Waals surface area contributed by atoms with Crippen LogP contribution in [0.25, 0.3) is 0 Å². The first-order valence-corrected chi connectivity index (χ1v) is 5.95. The van der Waals surface area contributed by atoms with E-state index in [1.807, 2.05) is 21.0 Å². The third-order valence-corrected chi connectivity index (χ3v) is 3.21. The van der Waals surface area contributed by atoms with Gasteiger partial charge in [0.2, 0.25) is 0 Å². The Balaban J connectivity index is 2.56. The summed E-state index contributed by atoms with van der Waals surface area (Å²) in [7, 11) is 4.10. The number of anilines is 1. The van der Waals surface area contributed by atoms with Crippen molar-refractivity contribution >= 4 is 5.69 Å². The van der Waals surface area contributed by atoms with Crippen LogP contribution in [0, 0.1) is 6.92 Å². The Morgan fingerprint density at radius 2 is 2.12 bits per heavy atom. The van der Waals surface area contributed by atoms with Gasteiger partial charge in [-0.2, -0.15) is 0 Å². The zero-order valence-corrected chi connectivity index (χ0v) is 10.3. The van der Waals surface area contributed by atoms with Crippen molar-refractivity contribution in [2.24, 2.45) is 0 Å². The molecule has 1 atom stereocenters. The summed E-state index contributed by atoms with van der Waals surface area (Å²) in [6, 6.07) is 2.11. The predicted octanol–water partition coefficient (Wildman–Crippen LogP) is 2.22. The Labute approximate surface area is 97.1 Å². The zero-order valence-electron chi connectivity index (χ0n) is 10.3. The van der Waals surface area contributed by atoms with Crippen LogP contribution in [0.15, 0.2) is 6.07 Å². The minimum atomic E-state index is -0.379. The average Bonchev–Trinajstić information content (AvgIpc) is 2.40. The number of pyridine rings is 1. The summed E-state index contributed by atoms with van der Waals surface area (Å²) in [6.45, 7) is 1.99. The van der Waals surface area contributed by atoms with Crippen molar-refractivity contribution in [1.82, 2.24) is 4.98 Å². The van der Waals surface area contributed by atoms with E-state index in [1.54, 1.807) is 0 Å². The molecule has 1 N–H and O–H groups in total. The second kappa shape index (κ2) is 4.42. The summed E-state index contributed by atoms with van der Waals surface area (Å²) in [5.74, 6) is 0. The fourth-order valence-electron chi connectivity index (χ4n) is 2.41. The first-order chi connectivity index (χ1) is 7.59. The van der Waals surface area contributed by atoms with Crippen molar-refractivity contribution < 1.29 is 5.11 Å². The fraction of sp³-hybridized carbons (Fsp3) is 0.615. The second-order valence-electron chi connectivity index (χ2n) is 4.80. The van der Waals surface area contributed by atoms with Gasteiger partial charge in [-0.3, -0.25) is 4.98 Å². The molecule has 2 rings (SSSR count). The number of aliphatic hydroxyl groups excluding tert-OH is 1. The molecule has 1 heterocycles. The molecule has 1 aliphatic carbocycles. The topological polar surface area (TPSA) is 36.4 Å². The minimum absolute atomic E-state index is 0.379. The van der Waals surface area contributed by atoms with Crippen LogP contribution in [0.2, 0.25) is 0 Å². The monoisotopic (exact) mass is 220 g/mol. The van der Waals surface area contributed by atoms with E-state index in [9.17, 15) is 5.11 Å². The van der Waals surface area contributed by atoms with Crippen LogP contribution in [0.3, 0.4) is 0 Å². The van der Waals surface area contributed by atoms with Crippen molar-refractivity contribution in [2.75, 3.05) is 19.0 Å². The predicted molar refractivity (Wildman–Crippen MR) is 65.8 cm³/mol. The van der Waals surface area contributed by atoms with Gasteiger partial charge in [-0.15, -0.1) is 0 Å². The molecule has 0 saturated heterocycles. The molecule has 1 aromatic heterocycles. The maximum atomic E-state index is 10.1. The van der Waals surface area contributed by atoms with Gasteiger partial charge in [0.1, 0.15) is 0 Å². The highest BCUT2D eigenvalue weighted by Crippen LogP contribution is 2.33. The van der Waals surface area contributed by atoms with Gasteiger partial charge in [0.05, 0.1) is 11.8 Å². The standard InChI is InChI=1S/C13H20N2O/c1-9-8-11(15(2)3)10-6-4-5-7-12(16)13(10)14-9/h8,12,16H,4-7H2,1-3H3. The SMILES string of the molecule is Cc1cc(N(C)C)c2c(n1)C(O)CCCC2. The van der Waals surface area contributed by atoms with Crippen LogP contribution in [-0.2, 0) is 6.42 Å². The van der Waals surface area contributed by atoms with Crippen LogP contribution < -0.4 is 4.90 Å². The van der Waals surface area contributed by atoms with Gasteiger partial charge in [0.25, 0.3) is 0 Å². The lowest BCUT2D eigenvalue weighted by molar-refractivity contribution is 0.162. The molecule has 1 unspecified atom stereocenters. The van der Waals surface area contributed by atoms with E-state index in [2.05, 4.69) is 16.0 Å². The van der Waals surface area contributed by atoms with E-state index in [0.29, 0.717) is 0 Å². The Kier molecular flexibility index (Phi) is 3.15. The van der Waals surface area contributed by atoms with Crippen molar-refractivity contribution in [3.05, 3.63) is 23.0 Å². The molecule has 0 amide bonds. The molecule has 0 spiro atoms. The summed E-state index contributed by atoms with van der Waals surface area (Å²) >= 11 is 0. The highest BCUT2D eigenvalue weighted by molar-refractivity contribution is 5.56. The first-order valence-electron chi connectivity index (χ1n) is 5.95. The van der Waals surface area contributed by atoms with E-state index in [0.717, 1.165) is 37.1 Å². The van der Waals surface area contributed by atoms with Gasteiger partial charge >= 0.3 is 0 Å². The third-order valence-electron chi connectivity index (χ3n) is 3.21. The van der Waals surface area contributed by atoms with E-state index in [1.165, 1.54) is 11.3 Å². The number of hydrogen-bond acceptors (Lipinski definition) is 3. The van der Waals surface area contributed by atoms with Crippen molar-refractivity contribution in [3.8, 4) is 0 Å². The van der Waals surface area contributed by atoms with Crippen molar-refractivity contribution in [1.29, 1.82) is 0 Å². The molecule has 0 aromatic carbocycles. The first kappa shape index (κ1) is 11.4. The Morgan fingerprint density at radius 1 is 1.38 bits per heavy atom. The molecule has 0 bridgehead atoms. The largest absolute Gasteiger partial charge is 0.387 e. The van der Waals surface area contributed by atoms with Crippen LogP contribution in [0.4, 0.5) is 5.69 Å².